The van der Waals surface area contributed by atoms with Crippen LogP contribution in [-0.2, 0) is 22.3 Å². The van der Waals surface area contributed by atoms with Gasteiger partial charge in [-0.3, -0.25) is 4.21 Å². The summed E-state index contributed by atoms with van der Waals surface area (Å²) >= 11 is 6.11. The molecule has 0 aromatic heterocycles. The van der Waals surface area contributed by atoms with Crippen molar-refractivity contribution in [3.63, 3.8) is 0 Å². The summed E-state index contributed by atoms with van der Waals surface area (Å²) < 4.78 is 22.8. The molecule has 0 N–H and O–H groups in total. The molecule has 5 heteroatoms. The molecule has 1 heterocycles. The van der Waals surface area contributed by atoms with Gasteiger partial charge in [-0.1, -0.05) is 41.9 Å². The second kappa shape index (κ2) is 5.85. The minimum atomic E-state index is -0.982. The Bertz CT molecular complexity index is 643. The topological polar surface area (TPSA) is 35.5 Å². The normalized spacial score (nSPS) is 14.2. The highest BCUT2D eigenvalue weighted by atomic mass is 35.5. The molecule has 3 nitrogen and oxygen atoms in total. The van der Waals surface area contributed by atoms with E-state index in [2.05, 4.69) is 0 Å². The third-order valence-corrected chi connectivity index (χ3v) is 4.58. The smallest absolute Gasteiger partial charge is 0.231 e. The lowest BCUT2D eigenvalue weighted by Gasteiger charge is -2.06. The van der Waals surface area contributed by atoms with Crippen LogP contribution in [0.2, 0.25) is 5.02 Å². The first kappa shape index (κ1) is 13.5. The van der Waals surface area contributed by atoms with Gasteiger partial charge in [0.2, 0.25) is 6.79 Å². The number of ether oxygens (including phenoxy) is 2. The van der Waals surface area contributed by atoms with Crippen molar-refractivity contribution in [2.45, 2.75) is 11.5 Å². The summed E-state index contributed by atoms with van der Waals surface area (Å²) in [6, 6.07) is 13.4. The van der Waals surface area contributed by atoms with Crippen LogP contribution in [0.25, 0.3) is 0 Å². The number of fused-ring (bicyclic) bond motifs is 1. The van der Waals surface area contributed by atoms with Gasteiger partial charge >= 0.3 is 0 Å². The van der Waals surface area contributed by atoms with E-state index in [0.717, 1.165) is 11.1 Å². The number of hydrogen-bond donors (Lipinski definition) is 0. The van der Waals surface area contributed by atoms with Gasteiger partial charge in [0.25, 0.3) is 0 Å². The van der Waals surface area contributed by atoms with Crippen LogP contribution in [0.4, 0.5) is 0 Å². The zero-order valence-corrected chi connectivity index (χ0v) is 12.2. The van der Waals surface area contributed by atoms with Gasteiger partial charge in [-0.25, -0.2) is 0 Å². The molecule has 0 amide bonds. The van der Waals surface area contributed by atoms with E-state index >= 15 is 0 Å². The molecule has 0 aliphatic carbocycles. The third kappa shape index (κ3) is 2.97. The number of benzene rings is 2. The third-order valence-electron chi connectivity index (χ3n) is 2.99. The minimum Gasteiger partial charge on any atom is -0.454 e. The second-order valence-corrected chi connectivity index (χ2v) is 6.39. The van der Waals surface area contributed by atoms with Crippen LogP contribution in [0.5, 0.6) is 11.5 Å². The van der Waals surface area contributed by atoms with Crippen molar-refractivity contribution in [2.24, 2.45) is 0 Å². The summed E-state index contributed by atoms with van der Waals surface area (Å²) in [5.74, 6) is 2.19. The van der Waals surface area contributed by atoms with Gasteiger partial charge in [-0.2, -0.15) is 0 Å². The van der Waals surface area contributed by atoms with E-state index in [1.165, 1.54) is 0 Å². The van der Waals surface area contributed by atoms with Gasteiger partial charge in [0, 0.05) is 22.3 Å². The quantitative estimate of drug-likeness (QED) is 0.867. The molecule has 3 rings (SSSR count). The van der Waals surface area contributed by atoms with E-state index in [0.29, 0.717) is 28.0 Å². The van der Waals surface area contributed by atoms with Crippen LogP contribution in [0.15, 0.2) is 42.5 Å². The van der Waals surface area contributed by atoms with E-state index < -0.39 is 10.8 Å². The summed E-state index contributed by atoms with van der Waals surface area (Å²) in [4.78, 5) is 0. The Morgan fingerprint density at radius 1 is 1.05 bits per heavy atom. The van der Waals surface area contributed by atoms with Crippen molar-refractivity contribution in [1.29, 1.82) is 0 Å². The molecule has 1 aliphatic rings. The van der Waals surface area contributed by atoms with E-state index in [9.17, 15) is 4.21 Å². The standard InChI is InChI=1S/C15H13ClO3S/c16-13-6-12(7-14-15(13)19-10-18-14)9-20(17)8-11-4-2-1-3-5-11/h1-7H,8-10H2/t20-/m0/s1. The van der Waals surface area contributed by atoms with Crippen LogP contribution < -0.4 is 9.47 Å². The molecule has 20 heavy (non-hydrogen) atoms. The van der Waals surface area contributed by atoms with Crippen molar-refractivity contribution in [3.05, 3.63) is 58.6 Å². The predicted octanol–water partition coefficient (Wildman–Crippen LogP) is 3.52. The largest absolute Gasteiger partial charge is 0.454 e. The minimum absolute atomic E-state index is 0.186. The van der Waals surface area contributed by atoms with Gasteiger partial charge in [-0.05, 0) is 23.3 Å². The molecule has 0 bridgehead atoms. The summed E-state index contributed by atoms with van der Waals surface area (Å²) in [5.41, 5.74) is 1.96. The molecule has 0 spiro atoms. The summed E-state index contributed by atoms with van der Waals surface area (Å²) in [6.45, 7) is 0.186. The number of halogens is 1. The molecule has 1 aliphatic heterocycles. The summed E-state index contributed by atoms with van der Waals surface area (Å²) in [6.07, 6.45) is 0. The van der Waals surface area contributed by atoms with Crippen molar-refractivity contribution in [3.8, 4) is 11.5 Å². The van der Waals surface area contributed by atoms with E-state index in [4.69, 9.17) is 21.1 Å². The lowest BCUT2D eigenvalue weighted by Crippen LogP contribution is -1.99. The SMILES string of the molecule is O=[S@@](Cc1ccccc1)Cc1cc(Cl)c2c(c1)OCO2. The lowest BCUT2D eigenvalue weighted by molar-refractivity contribution is 0.174. The molecule has 104 valence electrons. The van der Waals surface area contributed by atoms with Crippen molar-refractivity contribution >= 4 is 22.4 Å². The molecule has 2 aromatic carbocycles. The summed E-state index contributed by atoms with van der Waals surface area (Å²) in [7, 11) is -0.982. The molecule has 0 unspecified atom stereocenters. The number of hydrogen-bond acceptors (Lipinski definition) is 3. The fourth-order valence-electron chi connectivity index (χ4n) is 2.10. The van der Waals surface area contributed by atoms with Crippen LogP contribution in [0.3, 0.4) is 0 Å². The maximum atomic E-state index is 12.2. The van der Waals surface area contributed by atoms with Crippen LogP contribution >= 0.6 is 11.6 Å². The Hall–Kier alpha value is -1.52. The fraction of sp³-hybridized carbons (Fsp3) is 0.200. The van der Waals surface area contributed by atoms with Crippen LogP contribution in [0, 0.1) is 0 Å². The van der Waals surface area contributed by atoms with Gasteiger partial charge in [0.15, 0.2) is 11.5 Å². The van der Waals surface area contributed by atoms with Gasteiger partial charge < -0.3 is 9.47 Å². The highest BCUT2D eigenvalue weighted by Gasteiger charge is 2.18. The molecule has 0 radical (unpaired) electrons. The summed E-state index contributed by atoms with van der Waals surface area (Å²) in [5, 5.41) is 0.506. The van der Waals surface area contributed by atoms with Crippen LogP contribution in [-0.4, -0.2) is 11.0 Å². The van der Waals surface area contributed by atoms with E-state index in [1.54, 1.807) is 6.07 Å². The second-order valence-electron chi connectivity index (χ2n) is 4.53. The molecular formula is C15H13ClO3S. The average molecular weight is 309 g/mol. The van der Waals surface area contributed by atoms with Crippen molar-refractivity contribution in [1.82, 2.24) is 0 Å². The maximum absolute atomic E-state index is 12.2. The Labute approximate surface area is 124 Å². The van der Waals surface area contributed by atoms with Crippen molar-refractivity contribution < 1.29 is 13.7 Å². The Balaban J connectivity index is 1.72. The van der Waals surface area contributed by atoms with E-state index in [1.807, 2.05) is 36.4 Å². The van der Waals surface area contributed by atoms with Crippen molar-refractivity contribution in [2.75, 3.05) is 6.79 Å². The first-order valence-corrected chi connectivity index (χ1v) is 8.06. The van der Waals surface area contributed by atoms with Gasteiger partial charge in [0.05, 0.1) is 5.02 Å². The first-order valence-electron chi connectivity index (χ1n) is 6.19. The molecule has 0 saturated heterocycles. The molecule has 0 fully saturated rings. The van der Waals surface area contributed by atoms with E-state index in [-0.39, 0.29) is 6.79 Å². The molecule has 0 saturated carbocycles. The lowest BCUT2D eigenvalue weighted by atomic mass is 10.2. The highest BCUT2D eigenvalue weighted by Crippen LogP contribution is 2.40. The fourth-order valence-corrected chi connectivity index (χ4v) is 3.59. The average Bonchev–Trinajstić information content (AvgIpc) is 2.88. The monoisotopic (exact) mass is 308 g/mol. The molecule has 1 atom stereocenters. The Morgan fingerprint density at radius 3 is 2.60 bits per heavy atom. The van der Waals surface area contributed by atoms with Crippen LogP contribution in [0.1, 0.15) is 11.1 Å². The molecule has 2 aromatic rings. The zero-order chi connectivity index (χ0) is 13.9. The maximum Gasteiger partial charge on any atom is 0.231 e. The highest BCUT2D eigenvalue weighted by molar-refractivity contribution is 7.83. The van der Waals surface area contributed by atoms with Gasteiger partial charge in [0.1, 0.15) is 0 Å². The Kier molecular flexibility index (Phi) is 3.94. The number of rotatable bonds is 4. The Morgan fingerprint density at radius 2 is 1.80 bits per heavy atom. The first-order chi connectivity index (χ1) is 9.72. The zero-order valence-electron chi connectivity index (χ0n) is 10.7. The predicted molar refractivity (Wildman–Crippen MR) is 79.6 cm³/mol. The van der Waals surface area contributed by atoms with Gasteiger partial charge in [-0.15, -0.1) is 0 Å². The molecular weight excluding hydrogens is 296 g/mol.